The number of hydrogen-bond donors (Lipinski definition) is 0. The first-order valence-electron chi connectivity index (χ1n) is 3.89. The second kappa shape index (κ2) is 2.88. The Balaban J connectivity index is 2.70. The van der Waals surface area contributed by atoms with Crippen LogP contribution in [0.3, 0.4) is 0 Å². The van der Waals surface area contributed by atoms with E-state index in [4.69, 9.17) is 4.74 Å². The van der Waals surface area contributed by atoms with Crippen LogP contribution in [-0.4, -0.2) is 17.5 Å². The average Bonchev–Trinajstić information content (AvgIpc) is 2.62. The number of carbonyl (C=O) groups is 1. The van der Waals surface area contributed by atoms with E-state index in [-0.39, 0.29) is 5.97 Å². The maximum Gasteiger partial charge on any atom is 0.356 e. The van der Waals surface area contributed by atoms with Gasteiger partial charge in [-0.05, 0) is 19.1 Å². The Morgan fingerprint density at radius 3 is 3.08 bits per heavy atom. The number of hydrogen-bond acceptors (Lipinski definition) is 3. The summed E-state index contributed by atoms with van der Waals surface area (Å²) in [5, 5.41) is 0. The highest BCUT2D eigenvalue weighted by Gasteiger charge is 2.15. The molecule has 0 amide bonds. The van der Waals surface area contributed by atoms with E-state index in [0.29, 0.717) is 5.69 Å². The predicted molar refractivity (Wildman–Crippen MR) is 51.4 cm³/mol. The number of fused-ring (bicyclic) bond motifs is 1. The van der Waals surface area contributed by atoms with Crippen molar-refractivity contribution in [3.63, 3.8) is 0 Å². The first-order chi connectivity index (χ1) is 6.24. The fourth-order valence-electron chi connectivity index (χ4n) is 1.35. The molecule has 4 heteroatoms. The summed E-state index contributed by atoms with van der Waals surface area (Å²) in [4.78, 5) is 13.4. The number of carbonyl (C=O) groups excluding carboxylic acids is 1. The molecule has 0 bridgehead atoms. The van der Waals surface area contributed by atoms with Crippen LogP contribution in [0.5, 0.6) is 0 Å². The zero-order valence-electron chi connectivity index (χ0n) is 7.40. The molecule has 0 radical (unpaired) electrons. The molecule has 2 rings (SSSR count). The Kier molecular flexibility index (Phi) is 1.84. The average molecular weight is 195 g/mol. The van der Waals surface area contributed by atoms with E-state index in [1.165, 1.54) is 7.11 Å². The normalized spacial score (nSPS) is 10.6. The van der Waals surface area contributed by atoms with Gasteiger partial charge >= 0.3 is 5.97 Å². The number of methoxy groups -OCH3 is 1. The van der Waals surface area contributed by atoms with Crippen molar-refractivity contribution in [1.82, 2.24) is 4.40 Å². The number of rotatable bonds is 1. The third-order valence-corrected chi connectivity index (χ3v) is 2.96. The van der Waals surface area contributed by atoms with Gasteiger partial charge in [-0.3, -0.25) is 0 Å². The van der Waals surface area contributed by atoms with Gasteiger partial charge in [-0.15, -0.1) is 11.3 Å². The van der Waals surface area contributed by atoms with Crippen LogP contribution in [0.2, 0.25) is 0 Å². The maximum absolute atomic E-state index is 11.4. The molecule has 0 aliphatic heterocycles. The summed E-state index contributed by atoms with van der Waals surface area (Å²) in [5.41, 5.74) is 0.632. The molecule has 13 heavy (non-hydrogen) atoms. The van der Waals surface area contributed by atoms with Gasteiger partial charge in [0.25, 0.3) is 0 Å². The van der Waals surface area contributed by atoms with Gasteiger partial charge in [-0.2, -0.15) is 0 Å². The highest BCUT2D eigenvalue weighted by atomic mass is 32.1. The summed E-state index contributed by atoms with van der Waals surface area (Å²) in [6.07, 6.45) is 1.87. The van der Waals surface area contributed by atoms with E-state index < -0.39 is 0 Å². The Morgan fingerprint density at radius 1 is 1.62 bits per heavy atom. The van der Waals surface area contributed by atoms with Crippen LogP contribution in [0.1, 0.15) is 15.4 Å². The van der Waals surface area contributed by atoms with E-state index in [9.17, 15) is 4.79 Å². The van der Waals surface area contributed by atoms with Crippen molar-refractivity contribution < 1.29 is 9.53 Å². The standard InChI is InChI=1S/C9H9NO2S/c1-6-8(9(11)12-2)10-5-3-4-7(10)13-6/h3-5H,1-2H3. The van der Waals surface area contributed by atoms with Crippen molar-refractivity contribution in [1.29, 1.82) is 0 Å². The largest absolute Gasteiger partial charge is 0.464 e. The highest BCUT2D eigenvalue weighted by Crippen LogP contribution is 2.23. The monoisotopic (exact) mass is 195 g/mol. The van der Waals surface area contributed by atoms with E-state index in [1.807, 2.05) is 29.7 Å². The highest BCUT2D eigenvalue weighted by molar-refractivity contribution is 7.17. The fraction of sp³-hybridized carbons (Fsp3) is 0.222. The quantitative estimate of drug-likeness (QED) is 0.652. The molecule has 0 atom stereocenters. The lowest BCUT2D eigenvalue weighted by Crippen LogP contribution is -2.05. The minimum atomic E-state index is -0.278. The molecule has 0 saturated carbocycles. The van der Waals surface area contributed by atoms with Crippen LogP contribution in [0.4, 0.5) is 0 Å². The van der Waals surface area contributed by atoms with Crippen molar-refractivity contribution >= 4 is 22.1 Å². The smallest absolute Gasteiger partial charge is 0.356 e. The molecule has 0 saturated heterocycles. The molecule has 0 spiro atoms. The van der Waals surface area contributed by atoms with Crippen molar-refractivity contribution in [2.45, 2.75) is 6.92 Å². The van der Waals surface area contributed by atoms with Crippen LogP contribution in [-0.2, 0) is 4.74 Å². The van der Waals surface area contributed by atoms with Crippen molar-refractivity contribution in [3.8, 4) is 0 Å². The summed E-state index contributed by atoms with van der Waals surface area (Å²) in [5.74, 6) is -0.278. The molecule has 2 aromatic rings. The second-order valence-corrected chi connectivity index (χ2v) is 3.95. The Bertz CT molecular complexity index is 455. The van der Waals surface area contributed by atoms with Crippen molar-refractivity contribution in [3.05, 3.63) is 28.9 Å². The number of aromatic nitrogens is 1. The van der Waals surface area contributed by atoms with Gasteiger partial charge in [0.05, 0.1) is 11.9 Å². The lowest BCUT2D eigenvalue weighted by molar-refractivity contribution is 0.0592. The number of ether oxygens (including phenoxy) is 1. The van der Waals surface area contributed by atoms with Crippen LogP contribution in [0.15, 0.2) is 18.3 Å². The lowest BCUT2D eigenvalue weighted by Gasteiger charge is -1.97. The molecule has 68 valence electrons. The number of aryl methyl sites for hydroxylation is 1. The van der Waals surface area contributed by atoms with Gasteiger partial charge < -0.3 is 9.14 Å². The first kappa shape index (κ1) is 8.31. The number of nitrogens with zero attached hydrogens (tertiary/aromatic N) is 1. The zero-order valence-corrected chi connectivity index (χ0v) is 8.22. The van der Waals surface area contributed by atoms with E-state index >= 15 is 0 Å². The number of thiazole rings is 1. The molecular weight excluding hydrogens is 186 g/mol. The van der Waals surface area contributed by atoms with Gasteiger partial charge in [0, 0.05) is 11.1 Å². The Morgan fingerprint density at radius 2 is 2.38 bits per heavy atom. The predicted octanol–water partition coefficient (Wildman–Crippen LogP) is 2.10. The van der Waals surface area contributed by atoms with Crippen molar-refractivity contribution in [2.75, 3.05) is 7.11 Å². The van der Waals surface area contributed by atoms with Crippen LogP contribution < -0.4 is 0 Å². The van der Waals surface area contributed by atoms with Gasteiger partial charge in [-0.25, -0.2) is 4.79 Å². The fourth-order valence-corrected chi connectivity index (χ4v) is 2.34. The minimum Gasteiger partial charge on any atom is -0.464 e. The molecule has 0 aliphatic carbocycles. The molecule has 0 N–H and O–H groups in total. The summed E-state index contributed by atoms with van der Waals surface area (Å²) in [6.45, 7) is 1.92. The minimum absolute atomic E-state index is 0.278. The van der Waals surface area contributed by atoms with Gasteiger partial charge in [0.1, 0.15) is 5.69 Å². The molecule has 0 aromatic carbocycles. The van der Waals surface area contributed by atoms with E-state index in [0.717, 1.165) is 9.71 Å². The third-order valence-electron chi connectivity index (χ3n) is 1.92. The maximum atomic E-state index is 11.4. The topological polar surface area (TPSA) is 30.7 Å². The summed E-state index contributed by atoms with van der Waals surface area (Å²) < 4.78 is 6.55. The van der Waals surface area contributed by atoms with E-state index in [1.54, 1.807) is 11.3 Å². The van der Waals surface area contributed by atoms with E-state index in [2.05, 4.69) is 0 Å². The molecule has 3 nitrogen and oxygen atoms in total. The molecule has 0 unspecified atom stereocenters. The Hall–Kier alpha value is -1.29. The first-order valence-corrected chi connectivity index (χ1v) is 4.70. The molecule has 0 aliphatic rings. The van der Waals surface area contributed by atoms with Crippen molar-refractivity contribution in [2.24, 2.45) is 0 Å². The van der Waals surface area contributed by atoms with Gasteiger partial charge in [0.15, 0.2) is 0 Å². The third kappa shape index (κ3) is 1.14. The number of esters is 1. The second-order valence-electron chi connectivity index (χ2n) is 2.71. The van der Waals surface area contributed by atoms with Gasteiger partial charge in [-0.1, -0.05) is 0 Å². The summed E-state index contributed by atoms with van der Waals surface area (Å²) in [7, 11) is 1.40. The summed E-state index contributed by atoms with van der Waals surface area (Å²) in [6, 6.07) is 3.89. The van der Waals surface area contributed by atoms with Crippen LogP contribution >= 0.6 is 11.3 Å². The van der Waals surface area contributed by atoms with Crippen LogP contribution in [0, 0.1) is 6.92 Å². The molecule has 0 fully saturated rings. The SMILES string of the molecule is COC(=O)c1c(C)sc2cccn12. The Labute approximate surface area is 79.6 Å². The van der Waals surface area contributed by atoms with Crippen LogP contribution in [0.25, 0.3) is 4.83 Å². The van der Waals surface area contributed by atoms with Gasteiger partial charge in [0.2, 0.25) is 0 Å². The molecule has 2 heterocycles. The zero-order chi connectivity index (χ0) is 9.42. The molecule has 2 aromatic heterocycles. The summed E-state index contributed by atoms with van der Waals surface area (Å²) >= 11 is 1.59. The lowest BCUT2D eigenvalue weighted by atomic mass is 10.4. The molecular formula is C9H9NO2S.